The van der Waals surface area contributed by atoms with E-state index in [1.54, 1.807) is 67.9 Å². The summed E-state index contributed by atoms with van der Waals surface area (Å²) in [6.45, 7) is 0.214. The zero-order valence-electron chi connectivity index (χ0n) is 22.9. The van der Waals surface area contributed by atoms with Crippen molar-refractivity contribution in [3.8, 4) is 23.0 Å². The molecule has 0 radical (unpaired) electrons. The summed E-state index contributed by atoms with van der Waals surface area (Å²) in [4.78, 5) is 29.2. The molecule has 3 N–H and O–H groups in total. The maximum atomic E-state index is 12.4. The number of aromatic nitrogens is 1. The van der Waals surface area contributed by atoms with Crippen molar-refractivity contribution < 1.29 is 28.5 Å². The number of hydrogen-bond acceptors (Lipinski definition) is 8. The predicted octanol–water partition coefficient (Wildman–Crippen LogP) is 5.87. The van der Waals surface area contributed by atoms with Gasteiger partial charge >= 0.3 is 5.97 Å². The summed E-state index contributed by atoms with van der Waals surface area (Å²) < 4.78 is 23.2. The number of hydrogen-bond donors (Lipinski definition) is 2. The number of nitrogens with zero attached hydrogens (tertiary/aromatic N) is 1. The highest BCUT2D eigenvalue weighted by molar-refractivity contribution is 6.04. The summed E-state index contributed by atoms with van der Waals surface area (Å²) in [7, 11) is 1.55. The molecule has 0 unspecified atom stereocenters. The minimum atomic E-state index is -0.752. The zero-order chi connectivity index (χ0) is 28.6. The summed E-state index contributed by atoms with van der Waals surface area (Å²) in [5, 5.41) is 3.61. The number of rotatable bonds is 11. The minimum Gasteiger partial charge on any atom is -0.493 e. The number of amides is 1. The monoisotopic (exact) mass is 555 g/mol. The molecule has 1 fully saturated rings. The first-order valence-corrected chi connectivity index (χ1v) is 13.7. The smallest absolute Gasteiger partial charge is 0.323 e. The van der Waals surface area contributed by atoms with Gasteiger partial charge in [-0.2, -0.15) is 0 Å². The van der Waals surface area contributed by atoms with Gasteiger partial charge in [0, 0.05) is 35.3 Å². The number of pyridine rings is 1. The van der Waals surface area contributed by atoms with Gasteiger partial charge < -0.3 is 30.0 Å². The number of nitrogens with one attached hydrogen (secondary N) is 1. The second-order valence-corrected chi connectivity index (χ2v) is 9.86. The van der Waals surface area contributed by atoms with Crippen molar-refractivity contribution in [1.29, 1.82) is 0 Å². The van der Waals surface area contributed by atoms with Gasteiger partial charge in [-0.05, 0) is 74.2 Å². The number of fused-ring (bicyclic) bond motifs is 1. The molecule has 1 aliphatic rings. The second-order valence-electron chi connectivity index (χ2n) is 9.86. The SMILES string of the molecule is COc1cc2c(Oc3ccc(NC(=O)c4ccccc4)cc3)ccnc2cc1OCC[C@@H](N)C(=O)OC1CCCC1. The number of ether oxygens (including phenoxy) is 4. The number of benzene rings is 3. The highest BCUT2D eigenvalue weighted by atomic mass is 16.5. The van der Waals surface area contributed by atoms with E-state index in [1.807, 2.05) is 18.2 Å². The summed E-state index contributed by atoms with van der Waals surface area (Å²) in [6, 6.07) is 20.7. The van der Waals surface area contributed by atoms with Gasteiger partial charge in [0.2, 0.25) is 0 Å². The molecule has 0 bridgehead atoms. The lowest BCUT2D eigenvalue weighted by atomic mass is 10.1. The number of carbonyl (C=O) groups excluding carboxylic acids is 2. The quantitative estimate of drug-likeness (QED) is 0.220. The van der Waals surface area contributed by atoms with Gasteiger partial charge in [0.25, 0.3) is 5.91 Å². The molecule has 0 spiro atoms. The molecule has 1 atom stereocenters. The van der Waals surface area contributed by atoms with Crippen LogP contribution >= 0.6 is 0 Å². The molecule has 1 aliphatic carbocycles. The van der Waals surface area contributed by atoms with Crippen LogP contribution in [0.2, 0.25) is 0 Å². The van der Waals surface area contributed by atoms with Crippen LogP contribution in [-0.2, 0) is 9.53 Å². The normalized spacial score (nSPS) is 13.9. The molecular weight excluding hydrogens is 522 g/mol. The molecule has 0 aliphatic heterocycles. The van der Waals surface area contributed by atoms with E-state index in [-0.39, 0.29) is 24.6 Å². The highest BCUT2D eigenvalue weighted by Gasteiger charge is 2.23. The third-order valence-electron chi connectivity index (χ3n) is 6.94. The molecule has 9 nitrogen and oxygen atoms in total. The average Bonchev–Trinajstić information content (AvgIpc) is 3.51. The molecule has 1 heterocycles. The second kappa shape index (κ2) is 13.1. The number of nitrogens with two attached hydrogens (primary N) is 1. The predicted molar refractivity (Wildman–Crippen MR) is 156 cm³/mol. The van der Waals surface area contributed by atoms with Gasteiger partial charge in [-0.3, -0.25) is 14.6 Å². The summed E-state index contributed by atoms with van der Waals surface area (Å²) in [5.41, 5.74) is 7.92. The standard InChI is InChI=1S/C32H33N3O6/c1-38-29-19-25-27(20-30(29)39-18-16-26(33)32(37)41-23-9-5-6-10-23)34-17-15-28(25)40-24-13-11-22(12-14-24)35-31(36)21-7-3-2-4-8-21/h2-4,7-8,11-15,17,19-20,23,26H,5-6,9-10,16,18,33H2,1H3,(H,35,36)/t26-/m1/s1. The molecule has 1 saturated carbocycles. The number of anilines is 1. The molecule has 5 rings (SSSR count). The number of esters is 1. The van der Waals surface area contributed by atoms with Crippen LogP contribution in [0.4, 0.5) is 5.69 Å². The van der Waals surface area contributed by atoms with E-state index in [2.05, 4.69) is 10.3 Å². The topological polar surface area (TPSA) is 122 Å². The van der Waals surface area contributed by atoms with Crippen molar-refractivity contribution in [3.05, 3.63) is 84.6 Å². The van der Waals surface area contributed by atoms with Crippen LogP contribution in [0.3, 0.4) is 0 Å². The van der Waals surface area contributed by atoms with Crippen molar-refractivity contribution >= 4 is 28.5 Å². The van der Waals surface area contributed by atoms with Gasteiger partial charge in [0.1, 0.15) is 23.6 Å². The summed E-state index contributed by atoms with van der Waals surface area (Å²) in [6.07, 6.45) is 5.92. The Labute approximate surface area is 238 Å². The Hall–Kier alpha value is -4.63. The Kier molecular flexibility index (Phi) is 8.95. The van der Waals surface area contributed by atoms with Gasteiger partial charge in [0.15, 0.2) is 11.5 Å². The maximum absolute atomic E-state index is 12.4. The van der Waals surface area contributed by atoms with Crippen molar-refractivity contribution in [2.24, 2.45) is 5.73 Å². The van der Waals surface area contributed by atoms with Gasteiger partial charge in [-0.25, -0.2) is 0 Å². The molecule has 1 amide bonds. The first-order valence-electron chi connectivity index (χ1n) is 13.7. The number of methoxy groups -OCH3 is 1. The molecule has 9 heteroatoms. The first-order chi connectivity index (χ1) is 20.0. The van der Waals surface area contributed by atoms with Crippen LogP contribution in [0.15, 0.2) is 79.0 Å². The molecular formula is C32H33N3O6. The van der Waals surface area contributed by atoms with Crippen molar-refractivity contribution in [2.75, 3.05) is 19.0 Å². The van der Waals surface area contributed by atoms with Gasteiger partial charge in [-0.1, -0.05) is 18.2 Å². The van der Waals surface area contributed by atoms with Crippen LogP contribution in [-0.4, -0.2) is 42.7 Å². The van der Waals surface area contributed by atoms with E-state index in [9.17, 15) is 9.59 Å². The fourth-order valence-corrected chi connectivity index (χ4v) is 4.69. The third kappa shape index (κ3) is 7.12. The zero-order valence-corrected chi connectivity index (χ0v) is 22.9. The van der Waals surface area contributed by atoms with E-state index >= 15 is 0 Å². The lowest BCUT2D eigenvalue weighted by molar-refractivity contribution is -0.150. The fraction of sp³-hybridized carbons (Fsp3) is 0.281. The molecule has 41 heavy (non-hydrogen) atoms. The molecule has 4 aromatic rings. The molecule has 212 valence electrons. The van der Waals surface area contributed by atoms with Crippen molar-refractivity contribution in [1.82, 2.24) is 4.98 Å². The van der Waals surface area contributed by atoms with E-state index < -0.39 is 6.04 Å². The molecule has 0 saturated heterocycles. The van der Waals surface area contributed by atoms with Crippen LogP contribution < -0.4 is 25.3 Å². The van der Waals surface area contributed by atoms with Crippen molar-refractivity contribution in [2.45, 2.75) is 44.2 Å². The van der Waals surface area contributed by atoms with E-state index in [1.165, 1.54) is 0 Å². The molecule has 3 aromatic carbocycles. The fourth-order valence-electron chi connectivity index (χ4n) is 4.69. The van der Waals surface area contributed by atoms with E-state index in [0.717, 1.165) is 31.1 Å². The van der Waals surface area contributed by atoms with Crippen LogP contribution in [0.25, 0.3) is 10.9 Å². The lowest BCUT2D eigenvalue weighted by Gasteiger charge is -2.17. The van der Waals surface area contributed by atoms with E-state index in [0.29, 0.717) is 46.2 Å². The van der Waals surface area contributed by atoms with Crippen LogP contribution in [0.5, 0.6) is 23.0 Å². The third-order valence-corrected chi connectivity index (χ3v) is 6.94. The Balaban J connectivity index is 1.22. The van der Waals surface area contributed by atoms with Gasteiger partial charge in [-0.15, -0.1) is 0 Å². The Bertz CT molecular complexity index is 1490. The number of carbonyl (C=O) groups is 2. The van der Waals surface area contributed by atoms with Crippen LogP contribution in [0, 0.1) is 0 Å². The Morgan fingerprint density at radius 2 is 1.73 bits per heavy atom. The average molecular weight is 556 g/mol. The highest BCUT2D eigenvalue weighted by Crippen LogP contribution is 2.37. The van der Waals surface area contributed by atoms with Crippen LogP contribution in [0.1, 0.15) is 42.5 Å². The Morgan fingerprint density at radius 3 is 2.46 bits per heavy atom. The maximum Gasteiger partial charge on any atom is 0.323 e. The minimum absolute atomic E-state index is 0.0176. The van der Waals surface area contributed by atoms with Gasteiger partial charge in [0.05, 0.1) is 19.2 Å². The van der Waals surface area contributed by atoms with E-state index in [4.69, 9.17) is 24.7 Å². The summed E-state index contributed by atoms with van der Waals surface area (Å²) >= 11 is 0. The molecule has 1 aromatic heterocycles. The van der Waals surface area contributed by atoms with Crippen molar-refractivity contribution in [3.63, 3.8) is 0 Å². The summed E-state index contributed by atoms with van der Waals surface area (Å²) in [5.74, 6) is 1.58. The lowest BCUT2D eigenvalue weighted by Crippen LogP contribution is -2.35. The Morgan fingerprint density at radius 1 is 0.976 bits per heavy atom. The first kappa shape index (κ1) is 27.9. The largest absolute Gasteiger partial charge is 0.493 e.